The van der Waals surface area contributed by atoms with Crippen molar-refractivity contribution in [2.45, 2.75) is 31.6 Å². The second-order valence-corrected chi connectivity index (χ2v) is 6.22. The lowest BCUT2D eigenvalue weighted by Crippen LogP contribution is -1.98. The molecule has 0 bridgehead atoms. The molecule has 3 heteroatoms. The summed E-state index contributed by atoms with van der Waals surface area (Å²) in [6.45, 7) is 0. The minimum absolute atomic E-state index is 0.618. The summed E-state index contributed by atoms with van der Waals surface area (Å²) < 4.78 is 1.18. The van der Waals surface area contributed by atoms with Gasteiger partial charge in [0.05, 0.1) is 10.5 Å². The molecule has 0 unspecified atom stereocenters. The molecule has 1 saturated carbocycles. The van der Waals surface area contributed by atoms with Gasteiger partial charge in [-0.15, -0.1) is 0 Å². The fraction of sp³-hybridized carbons (Fsp3) is 0.357. The van der Waals surface area contributed by atoms with Crippen LogP contribution < -0.4 is 0 Å². The summed E-state index contributed by atoms with van der Waals surface area (Å²) in [6, 6.07) is 8.23. The Kier molecular flexibility index (Phi) is 3.26. The van der Waals surface area contributed by atoms with Crippen molar-refractivity contribution in [3.8, 4) is 0 Å². The highest BCUT2D eigenvalue weighted by Crippen LogP contribution is 2.36. The fourth-order valence-corrected chi connectivity index (χ4v) is 3.50. The summed E-state index contributed by atoms with van der Waals surface area (Å²) in [6.07, 6.45) is 5.18. The zero-order chi connectivity index (χ0) is 11.8. The number of nitrogens with zero attached hydrogens (tertiary/aromatic N) is 1. The summed E-state index contributed by atoms with van der Waals surface area (Å²) in [5, 5.41) is 1.91. The van der Waals surface area contributed by atoms with Gasteiger partial charge < -0.3 is 0 Å². The summed E-state index contributed by atoms with van der Waals surface area (Å²) in [5.41, 5.74) is 2.24. The standard InChI is InChI=1S/C14H13ClIN/c15-11-8-13(9-4-1-2-5-9)17-14-10(11)6-3-7-12(14)16/h3,6-9H,1-2,4-5H2. The number of hydrogen-bond donors (Lipinski definition) is 0. The molecule has 1 aromatic carbocycles. The van der Waals surface area contributed by atoms with Gasteiger partial charge in [-0.1, -0.05) is 36.6 Å². The van der Waals surface area contributed by atoms with Crippen LogP contribution in [0.1, 0.15) is 37.3 Å². The first-order valence-electron chi connectivity index (χ1n) is 6.00. The zero-order valence-electron chi connectivity index (χ0n) is 9.42. The number of fused-ring (bicyclic) bond motifs is 1. The molecule has 0 N–H and O–H groups in total. The Bertz CT molecular complexity index is 561. The molecular weight excluding hydrogens is 345 g/mol. The Balaban J connectivity index is 2.18. The highest BCUT2D eigenvalue weighted by molar-refractivity contribution is 14.1. The van der Waals surface area contributed by atoms with Crippen LogP contribution in [-0.4, -0.2) is 4.98 Å². The van der Waals surface area contributed by atoms with Gasteiger partial charge in [-0.05, 0) is 47.6 Å². The number of pyridine rings is 1. The van der Waals surface area contributed by atoms with E-state index in [0.29, 0.717) is 5.92 Å². The van der Waals surface area contributed by atoms with Gasteiger partial charge in [-0.25, -0.2) is 0 Å². The normalized spacial score (nSPS) is 16.8. The maximum absolute atomic E-state index is 6.37. The molecule has 1 aliphatic carbocycles. The molecule has 0 aliphatic heterocycles. The number of hydrogen-bond acceptors (Lipinski definition) is 1. The van der Waals surface area contributed by atoms with Crippen LogP contribution in [0, 0.1) is 3.57 Å². The predicted octanol–water partition coefficient (Wildman–Crippen LogP) is 5.15. The number of para-hydroxylation sites is 1. The lowest BCUT2D eigenvalue weighted by atomic mass is 10.0. The van der Waals surface area contributed by atoms with E-state index < -0.39 is 0 Å². The van der Waals surface area contributed by atoms with Crippen LogP contribution in [0.5, 0.6) is 0 Å². The average Bonchev–Trinajstić information content (AvgIpc) is 2.84. The molecule has 1 aliphatic rings. The van der Waals surface area contributed by atoms with Crippen LogP contribution in [0.25, 0.3) is 10.9 Å². The molecule has 88 valence electrons. The SMILES string of the molecule is Clc1cc(C2CCCC2)nc2c(I)cccc12. The van der Waals surface area contributed by atoms with E-state index in [-0.39, 0.29) is 0 Å². The predicted molar refractivity (Wildman–Crippen MR) is 80.7 cm³/mol. The Labute approximate surface area is 120 Å². The van der Waals surface area contributed by atoms with Gasteiger partial charge in [0.25, 0.3) is 0 Å². The third-order valence-corrected chi connectivity index (χ3v) is 4.72. The van der Waals surface area contributed by atoms with E-state index in [1.807, 2.05) is 12.1 Å². The van der Waals surface area contributed by atoms with E-state index in [9.17, 15) is 0 Å². The van der Waals surface area contributed by atoms with Gasteiger partial charge >= 0.3 is 0 Å². The highest BCUT2D eigenvalue weighted by Gasteiger charge is 2.19. The second kappa shape index (κ2) is 4.73. The van der Waals surface area contributed by atoms with Crippen LogP contribution in [0.15, 0.2) is 24.3 Å². The summed E-state index contributed by atoms with van der Waals surface area (Å²) in [7, 11) is 0. The summed E-state index contributed by atoms with van der Waals surface area (Å²) >= 11 is 8.70. The molecule has 0 amide bonds. The third kappa shape index (κ3) is 2.17. The minimum Gasteiger partial charge on any atom is -0.251 e. The fourth-order valence-electron chi connectivity index (χ4n) is 2.62. The molecule has 3 rings (SSSR count). The van der Waals surface area contributed by atoms with Crippen molar-refractivity contribution in [1.82, 2.24) is 4.98 Å². The molecule has 1 nitrogen and oxygen atoms in total. The topological polar surface area (TPSA) is 12.9 Å². The van der Waals surface area contributed by atoms with Gasteiger partial charge in [-0.3, -0.25) is 4.98 Å². The highest BCUT2D eigenvalue weighted by atomic mass is 127. The maximum Gasteiger partial charge on any atom is 0.0853 e. The monoisotopic (exact) mass is 357 g/mol. The largest absolute Gasteiger partial charge is 0.251 e. The van der Waals surface area contributed by atoms with Gasteiger partial charge in [0.2, 0.25) is 0 Å². The first kappa shape index (κ1) is 11.7. The molecular formula is C14H13ClIN. The van der Waals surface area contributed by atoms with Gasteiger partial charge in [-0.2, -0.15) is 0 Å². The van der Waals surface area contributed by atoms with Crippen molar-refractivity contribution in [3.63, 3.8) is 0 Å². The molecule has 17 heavy (non-hydrogen) atoms. The first-order chi connectivity index (χ1) is 8.25. The lowest BCUT2D eigenvalue weighted by molar-refractivity contribution is 0.701. The van der Waals surface area contributed by atoms with Crippen LogP contribution in [-0.2, 0) is 0 Å². The Morgan fingerprint density at radius 1 is 1.24 bits per heavy atom. The minimum atomic E-state index is 0.618. The van der Waals surface area contributed by atoms with Crippen molar-refractivity contribution < 1.29 is 0 Å². The van der Waals surface area contributed by atoms with Crippen LogP contribution in [0.3, 0.4) is 0 Å². The summed E-state index contributed by atoms with van der Waals surface area (Å²) in [5.74, 6) is 0.618. The van der Waals surface area contributed by atoms with Crippen molar-refractivity contribution >= 4 is 45.1 Å². The Morgan fingerprint density at radius 2 is 2.00 bits per heavy atom. The first-order valence-corrected chi connectivity index (χ1v) is 7.46. The van der Waals surface area contributed by atoms with Crippen molar-refractivity contribution in [2.75, 3.05) is 0 Å². The van der Waals surface area contributed by atoms with E-state index in [2.05, 4.69) is 34.7 Å². The van der Waals surface area contributed by atoms with E-state index in [0.717, 1.165) is 15.9 Å². The average molecular weight is 358 g/mol. The molecule has 0 spiro atoms. The van der Waals surface area contributed by atoms with E-state index in [4.69, 9.17) is 16.6 Å². The molecule has 1 aromatic heterocycles. The number of aromatic nitrogens is 1. The Hall–Kier alpha value is -0.350. The number of benzene rings is 1. The van der Waals surface area contributed by atoms with Gasteiger partial charge in [0.1, 0.15) is 0 Å². The van der Waals surface area contributed by atoms with Crippen LogP contribution in [0.4, 0.5) is 0 Å². The summed E-state index contributed by atoms with van der Waals surface area (Å²) in [4.78, 5) is 4.83. The lowest BCUT2D eigenvalue weighted by Gasteiger charge is -2.11. The van der Waals surface area contributed by atoms with Crippen molar-refractivity contribution in [1.29, 1.82) is 0 Å². The Morgan fingerprint density at radius 3 is 2.76 bits per heavy atom. The molecule has 1 fully saturated rings. The van der Waals surface area contributed by atoms with E-state index in [1.54, 1.807) is 0 Å². The molecule has 0 saturated heterocycles. The van der Waals surface area contributed by atoms with Crippen molar-refractivity contribution in [2.24, 2.45) is 0 Å². The molecule has 0 atom stereocenters. The third-order valence-electron chi connectivity index (χ3n) is 3.53. The van der Waals surface area contributed by atoms with E-state index in [1.165, 1.54) is 34.9 Å². The molecule has 1 heterocycles. The number of halogens is 2. The second-order valence-electron chi connectivity index (χ2n) is 4.65. The van der Waals surface area contributed by atoms with Gasteiger partial charge in [0, 0.05) is 20.6 Å². The quantitative estimate of drug-likeness (QED) is 0.643. The van der Waals surface area contributed by atoms with E-state index >= 15 is 0 Å². The van der Waals surface area contributed by atoms with Crippen molar-refractivity contribution in [3.05, 3.63) is 38.6 Å². The maximum atomic E-state index is 6.37. The van der Waals surface area contributed by atoms with Crippen LogP contribution >= 0.6 is 34.2 Å². The zero-order valence-corrected chi connectivity index (χ0v) is 12.3. The number of rotatable bonds is 1. The smallest absolute Gasteiger partial charge is 0.0853 e. The van der Waals surface area contributed by atoms with Crippen LogP contribution in [0.2, 0.25) is 5.02 Å². The van der Waals surface area contributed by atoms with Gasteiger partial charge in [0.15, 0.2) is 0 Å². The molecule has 2 aromatic rings. The molecule has 0 radical (unpaired) electrons.